The van der Waals surface area contributed by atoms with Crippen LogP contribution in [0.1, 0.15) is 12.0 Å². The monoisotopic (exact) mass is 331 g/mol. The number of rotatable bonds is 8. The Labute approximate surface area is 142 Å². The van der Waals surface area contributed by atoms with Gasteiger partial charge in [0.05, 0.1) is 12.2 Å². The quantitative estimate of drug-likeness (QED) is 0.300. The number of anilines is 1. The number of benzene rings is 2. The zero-order valence-corrected chi connectivity index (χ0v) is 14.4. The Balaban J connectivity index is 1.61. The van der Waals surface area contributed by atoms with Crippen molar-refractivity contribution >= 4 is 30.1 Å². The molecule has 22 heavy (non-hydrogen) atoms. The van der Waals surface area contributed by atoms with Crippen LogP contribution in [0.2, 0.25) is 0 Å². The molecule has 0 radical (unpaired) electrons. The number of thioether (sulfide) groups is 1. The van der Waals surface area contributed by atoms with Crippen molar-refractivity contribution in [2.45, 2.75) is 23.5 Å². The topological polar surface area (TPSA) is 36.8 Å². The summed E-state index contributed by atoms with van der Waals surface area (Å²) in [5, 5.41) is 8.46. The molecule has 0 aliphatic heterocycles. The van der Waals surface area contributed by atoms with Gasteiger partial charge < -0.3 is 0 Å². The molecular formula is C17H21N3S2. The number of nitrogens with one attached hydrogen (secondary N) is 1. The Morgan fingerprint density at radius 3 is 2.55 bits per heavy atom. The van der Waals surface area contributed by atoms with E-state index in [2.05, 4.69) is 59.6 Å². The molecule has 2 aromatic rings. The summed E-state index contributed by atoms with van der Waals surface area (Å²) in [5.41, 5.74) is 5.12. The highest BCUT2D eigenvalue weighted by molar-refractivity contribution is 8.00. The Bertz CT molecular complexity index is 570. The molecule has 3 nitrogen and oxygen atoms in total. The van der Waals surface area contributed by atoms with Gasteiger partial charge >= 0.3 is 0 Å². The van der Waals surface area contributed by atoms with E-state index in [0.29, 0.717) is 11.8 Å². The molecule has 1 N–H and O–H groups in total. The van der Waals surface area contributed by atoms with Crippen LogP contribution in [0.5, 0.6) is 0 Å². The average molecular weight is 332 g/mol. The van der Waals surface area contributed by atoms with Crippen LogP contribution in [0, 0.1) is 6.92 Å². The second-order valence-electron chi connectivity index (χ2n) is 5.01. The van der Waals surface area contributed by atoms with Crippen LogP contribution in [0.4, 0.5) is 5.69 Å². The summed E-state index contributed by atoms with van der Waals surface area (Å²) in [4.78, 5) is 1.28. The van der Waals surface area contributed by atoms with Gasteiger partial charge in [0, 0.05) is 15.9 Å². The van der Waals surface area contributed by atoms with Crippen molar-refractivity contribution in [2.24, 2.45) is 10.3 Å². The molecule has 0 saturated carbocycles. The van der Waals surface area contributed by atoms with Crippen LogP contribution in [-0.4, -0.2) is 17.5 Å². The summed E-state index contributed by atoms with van der Waals surface area (Å²) in [6.07, 6.45) is 0.919. The highest BCUT2D eigenvalue weighted by Crippen LogP contribution is 2.20. The molecule has 0 saturated heterocycles. The van der Waals surface area contributed by atoms with E-state index >= 15 is 0 Å². The van der Waals surface area contributed by atoms with Gasteiger partial charge in [-0.2, -0.15) is 17.7 Å². The predicted octanol–water partition coefficient (Wildman–Crippen LogP) is 5.25. The van der Waals surface area contributed by atoms with Gasteiger partial charge in [-0.15, -0.1) is 11.8 Å². The molecule has 0 heterocycles. The molecule has 0 spiro atoms. The largest absolute Gasteiger partial charge is 0.260 e. The Morgan fingerprint density at radius 1 is 1.09 bits per heavy atom. The summed E-state index contributed by atoms with van der Waals surface area (Å²) < 4.78 is 0. The molecule has 0 bridgehead atoms. The van der Waals surface area contributed by atoms with Crippen molar-refractivity contribution < 1.29 is 0 Å². The maximum Gasteiger partial charge on any atom is 0.0631 e. The molecule has 2 rings (SSSR count). The molecule has 1 unspecified atom stereocenters. The van der Waals surface area contributed by atoms with Gasteiger partial charge in [-0.25, -0.2) is 0 Å². The zero-order valence-electron chi connectivity index (χ0n) is 12.6. The summed E-state index contributed by atoms with van der Waals surface area (Å²) in [7, 11) is 0. The molecule has 116 valence electrons. The Kier molecular flexibility index (Phi) is 7.33. The first kappa shape index (κ1) is 16.9. The summed E-state index contributed by atoms with van der Waals surface area (Å²) >= 11 is 6.43. The fraction of sp³-hybridized carbons (Fsp3) is 0.294. The number of thiol groups is 1. The Morgan fingerprint density at radius 2 is 1.82 bits per heavy atom. The standard InChI is InChI=1S/C17H21N3S2/c1-14-7-9-15(10-8-14)19-20-18-12-11-16(21)13-22-17-5-3-2-4-6-17/h2-10,16,21H,11-13H2,1H3,(H,18,19). The summed E-state index contributed by atoms with van der Waals surface area (Å²) in [5.74, 6) is 0.980. The minimum atomic E-state index is 0.323. The Hall–Kier alpha value is -1.46. The SMILES string of the molecule is Cc1ccc(NN=NCCC(S)CSc2ccccc2)cc1. The lowest BCUT2D eigenvalue weighted by Gasteiger charge is -2.08. The highest BCUT2D eigenvalue weighted by Gasteiger charge is 2.03. The van der Waals surface area contributed by atoms with E-state index in [0.717, 1.165) is 17.9 Å². The molecule has 0 aromatic heterocycles. The van der Waals surface area contributed by atoms with Crippen LogP contribution in [0.15, 0.2) is 69.8 Å². The van der Waals surface area contributed by atoms with Gasteiger partial charge in [-0.1, -0.05) is 41.1 Å². The maximum absolute atomic E-state index is 4.60. The summed E-state index contributed by atoms with van der Waals surface area (Å²) in [6, 6.07) is 18.5. The number of nitrogens with zero attached hydrogens (tertiary/aromatic N) is 2. The first-order valence-electron chi connectivity index (χ1n) is 7.29. The van der Waals surface area contributed by atoms with Gasteiger partial charge in [0.15, 0.2) is 0 Å². The molecule has 0 fully saturated rings. The second kappa shape index (κ2) is 9.54. The fourth-order valence-electron chi connectivity index (χ4n) is 1.77. The van der Waals surface area contributed by atoms with E-state index in [1.165, 1.54) is 10.5 Å². The third-order valence-corrected chi connectivity index (χ3v) is 4.91. The maximum atomic E-state index is 4.60. The van der Waals surface area contributed by atoms with Gasteiger partial charge in [-0.3, -0.25) is 5.43 Å². The molecule has 2 aromatic carbocycles. The first-order chi connectivity index (χ1) is 10.7. The third kappa shape index (κ3) is 6.54. The van der Waals surface area contributed by atoms with Crippen molar-refractivity contribution in [1.29, 1.82) is 0 Å². The van der Waals surface area contributed by atoms with Crippen LogP contribution in [0.3, 0.4) is 0 Å². The number of hydrogen-bond donors (Lipinski definition) is 2. The van der Waals surface area contributed by atoms with Crippen LogP contribution in [0.25, 0.3) is 0 Å². The molecule has 0 aliphatic rings. The van der Waals surface area contributed by atoms with Crippen LogP contribution in [-0.2, 0) is 0 Å². The van der Waals surface area contributed by atoms with Crippen LogP contribution < -0.4 is 5.43 Å². The van der Waals surface area contributed by atoms with Crippen molar-refractivity contribution in [3.63, 3.8) is 0 Å². The van der Waals surface area contributed by atoms with Crippen molar-refractivity contribution in [3.05, 3.63) is 60.2 Å². The van der Waals surface area contributed by atoms with Gasteiger partial charge in [-0.05, 0) is 37.6 Å². The number of hydrogen-bond acceptors (Lipinski definition) is 4. The summed E-state index contributed by atoms with van der Waals surface area (Å²) in [6.45, 7) is 2.74. The fourth-order valence-corrected chi connectivity index (χ4v) is 3.01. The lowest BCUT2D eigenvalue weighted by molar-refractivity contribution is 0.793. The molecular weight excluding hydrogens is 310 g/mol. The lowest BCUT2D eigenvalue weighted by Crippen LogP contribution is -2.04. The predicted molar refractivity (Wildman–Crippen MR) is 99.1 cm³/mol. The van der Waals surface area contributed by atoms with Crippen LogP contribution >= 0.6 is 24.4 Å². The van der Waals surface area contributed by atoms with Crippen molar-refractivity contribution in [2.75, 3.05) is 17.7 Å². The van der Waals surface area contributed by atoms with E-state index in [1.807, 2.05) is 42.1 Å². The molecule has 0 aliphatic carbocycles. The van der Waals surface area contributed by atoms with E-state index in [9.17, 15) is 0 Å². The second-order valence-corrected chi connectivity index (χ2v) is 6.83. The van der Waals surface area contributed by atoms with Gasteiger partial charge in [0.25, 0.3) is 0 Å². The third-order valence-electron chi connectivity index (χ3n) is 3.05. The minimum Gasteiger partial charge on any atom is -0.260 e. The zero-order chi connectivity index (χ0) is 15.6. The van der Waals surface area contributed by atoms with Gasteiger partial charge in [0.1, 0.15) is 0 Å². The first-order valence-corrected chi connectivity index (χ1v) is 8.79. The van der Waals surface area contributed by atoms with E-state index < -0.39 is 0 Å². The molecule has 1 atom stereocenters. The van der Waals surface area contributed by atoms with Crippen molar-refractivity contribution in [1.82, 2.24) is 0 Å². The van der Waals surface area contributed by atoms with Gasteiger partial charge in [0.2, 0.25) is 0 Å². The van der Waals surface area contributed by atoms with E-state index in [-0.39, 0.29) is 0 Å². The molecule has 5 heteroatoms. The normalized spacial score (nSPS) is 12.5. The van der Waals surface area contributed by atoms with Crippen molar-refractivity contribution in [3.8, 4) is 0 Å². The highest BCUT2D eigenvalue weighted by atomic mass is 32.2. The minimum absolute atomic E-state index is 0.323. The molecule has 0 amide bonds. The average Bonchev–Trinajstić information content (AvgIpc) is 2.55. The van der Waals surface area contributed by atoms with E-state index in [4.69, 9.17) is 0 Å². The smallest absolute Gasteiger partial charge is 0.0631 e. The lowest BCUT2D eigenvalue weighted by atomic mass is 10.2. The van der Waals surface area contributed by atoms with E-state index in [1.54, 1.807) is 0 Å². The number of aryl methyl sites for hydroxylation is 1.